The molecule has 0 nitrogen and oxygen atoms in total. The van der Waals surface area contributed by atoms with Crippen LogP contribution in [0, 0.1) is 0 Å². The molecule has 0 atom stereocenters. The molecule has 0 heterocycles. The summed E-state index contributed by atoms with van der Waals surface area (Å²) in [6.07, 6.45) is 8.87. The predicted molar refractivity (Wildman–Crippen MR) is 66.4 cm³/mol. The predicted octanol–water partition coefficient (Wildman–Crippen LogP) is 5.68. The number of rotatable bonds is 9. The second-order valence-electron chi connectivity index (χ2n) is 4.68. The zero-order valence-corrected chi connectivity index (χ0v) is 14.3. The minimum absolute atomic E-state index is 0. The number of hydrogen-bond donors (Lipinski definition) is 0. The fourth-order valence-electron chi connectivity index (χ4n) is 2.34. The third kappa shape index (κ3) is 11.0. The average Bonchev–Trinajstić information content (AvgIpc) is 2.17. The normalized spacial score (nSPS) is 9.64. The standard InChI is InChI=1S/3C4H9.ClH.Zn/c3*1-3-4-2;;/h3*1,3-4H2,2H3;1H;. The van der Waals surface area contributed by atoms with Crippen molar-refractivity contribution in [2.24, 2.45) is 0 Å². The van der Waals surface area contributed by atoms with Crippen LogP contribution in [0.2, 0.25) is 15.0 Å². The summed E-state index contributed by atoms with van der Waals surface area (Å²) in [4.78, 5) is 0. The first-order valence-electron chi connectivity index (χ1n) is 6.62. The molecule has 0 aromatic rings. The Balaban J connectivity index is 0. The van der Waals surface area contributed by atoms with E-state index in [4.69, 9.17) is 0 Å². The molecule has 0 saturated heterocycles. The van der Waals surface area contributed by atoms with Gasteiger partial charge in [0.2, 0.25) is 0 Å². The molecule has 0 N–H and O–H groups in total. The van der Waals surface area contributed by atoms with Gasteiger partial charge in [0.15, 0.2) is 0 Å². The Morgan fingerprint density at radius 2 is 0.929 bits per heavy atom. The summed E-state index contributed by atoms with van der Waals surface area (Å²) in [6.45, 7) is 7.01. The van der Waals surface area contributed by atoms with Crippen LogP contribution in [-0.4, -0.2) is 0 Å². The van der Waals surface area contributed by atoms with E-state index in [1.165, 1.54) is 38.5 Å². The van der Waals surface area contributed by atoms with Crippen molar-refractivity contribution in [3.8, 4) is 0 Å². The Kier molecular flexibility index (Phi) is 17.2. The van der Waals surface area contributed by atoms with E-state index in [0.29, 0.717) is 0 Å². The first-order valence-corrected chi connectivity index (χ1v) is 12.9. The minimum Gasteiger partial charge on any atom is -0.147 e. The molecule has 0 aromatic heterocycles. The fourth-order valence-corrected chi connectivity index (χ4v) is 12.2. The summed E-state index contributed by atoms with van der Waals surface area (Å²) in [5, 5.41) is 5.07. The first-order chi connectivity index (χ1) is 6.35. The van der Waals surface area contributed by atoms with Crippen LogP contribution in [-0.2, 0) is 16.0 Å². The van der Waals surface area contributed by atoms with Crippen molar-refractivity contribution in [2.75, 3.05) is 0 Å². The van der Waals surface area contributed by atoms with Crippen LogP contribution in [0.3, 0.4) is 0 Å². The molecule has 0 saturated carbocycles. The third-order valence-corrected chi connectivity index (χ3v) is 12.8. The van der Waals surface area contributed by atoms with Crippen LogP contribution >= 0.6 is 12.4 Å². The maximum absolute atomic E-state index is 2.34. The van der Waals surface area contributed by atoms with E-state index in [1.807, 2.05) is 0 Å². The average molecular weight is 273 g/mol. The summed E-state index contributed by atoms with van der Waals surface area (Å²) in [5.41, 5.74) is 0. The first kappa shape index (κ1) is 17.3. The molecule has 0 spiro atoms. The van der Waals surface area contributed by atoms with Gasteiger partial charge in [-0.15, -0.1) is 12.4 Å². The molecule has 14 heavy (non-hydrogen) atoms. The van der Waals surface area contributed by atoms with Gasteiger partial charge in [-0.25, -0.2) is 0 Å². The number of hydrogen-bond acceptors (Lipinski definition) is 0. The molecular formula is C12H28ClZn. The molecule has 0 amide bonds. The van der Waals surface area contributed by atoms with Crippen molar-refractivity contribution in [3.05, 3.63) is 0 Å². The van der Waals surface area contributed by atoms with E-state index in [1.54, 1.807) is 15.0 Å². The summed E-state index contributed by atoms with van der Waals surface area (Å²) in [6, 6.07) is 0. The van der Waals surface area contributed by atoms with Gasteiger partial charge in [-0.2, -0.15) is 0 Å². The second kappa shape index (κ2) is 13.9. The van der Waals surface area contributed by atoms with E-state index in [0.717, 1.165) is 0 Å². The van der Waals surface area contributed by atoms with Gasteiger partial charge in [0.25, 0.3) is 0 Å². The molecule has 0 bridgehead atoms. The van der Waals surface area contributed by atoms with E-state index in [-0.39, 0.29) is 12.4 Å². The van der Waals surface area contributed by atoms with Gasteiger partial charge in [0.05, 0.1) is 0 Å². The molecule has 0 aromatic carbocycles. The van der Waals surface area contributed by atoms with Crippen LogP contribution in [0.4, 0.5) is 0 Å². The van der Waals surface area contributed by atoms with Crippen molar-refractivity contribution in [3.63, 3.8) is 0 Å². The van der Waals surface area contributed by atoms with Gasteiger partial charge in [-0.1, -0.05) is 0 Å². The molecule has 0 rings (SSSR count). The molecule has 0 radical (unpaired) electrons. The van der Waals surface area contributed by atoms with Crippen LogP contribution in [0.25, 0.3) is 0 Å². The largest absolute Gasteiger partial charge is 0.147 e. The topological polar surface area (TPSA) is 0 Å². The molecular weight excluding hydrogens is 245 g/mol. The van der Waals surface area contributed by atoms with Gasteiger partial charge < -0.3 is 0 Å². The minimum atomic E-state index is -0.951. The molecule has 0 aliphatic heterocycles. The van der Waals surface area contributed by atoms with Gasteiger partial charge in [-0.3, -0.25) is 0 Å². The van der Waals surface area contributed by atoms with Crippen LogP contribution < -0.4 is 0 Å². The fraction of sp³-hybridized carbons (Fsp3) is 1.00. The molecule has 85 valence electrons. The maximum atomic E-state index is 2.34. The van der Waals surface area contributed by atoms with Crippen molar-refractivity contribution in [1.82, 2.24) is 0 Å². The third-order valence-electron chi connectivity index (χ3n) is 3.31. The Morgan fingerprint density at radius 1 is 0.643 bits per heavy atom. The van der Waals surface area contributed by atoms with Crippen LogP contribution in [0.5, 0.6) is 0 Å². The SMILES string of the molecule is CCC[CH2][Zn]([CH2]CCC)[CH2]CCC.Cl. The summed E-state index contributed by atoms with van der Waals surface area (Å²) in [5.74, 6) is 0. The van der Waals surface area contributed by atoms with Gasteiger partial charge in [0.1, 0.15) is 0 Å². The van der Waals surface area contributed by atoms with E-state index < -0.39 is 16.0 Å². The van der Waals surface area contributed by atoms with Crippen LogP contribution in [0.1, 0.15) is 59.3 Å². The Morgan fingerprint density at radius 3 is 1.14 bits per heavy atom. The Hall–Kier alpha value is 0.913. The van der Waals surface area contributed by atoms with Crippen molar-refractivity contribution >= 4 is 12.4 Å². The van der Waals surface area contributed by atoms with Crippen molar-refractivity contribution < 1.29 is 16.0 Å². The molecule has 0 unspecified atom stereocenters. The van der Waals surface area contributed by atoms with Gasteiger partial charge >= 0.3 is 90.3 Å². The van der Waals surface area contributed by atoms with Gasteiger partial charge in [0, 0.05) is 0 Å². The molecule has 0 aliphatic rings. The van der Waals surface area contributed by atoms with E-state index in [2.05, 4.69) is 20.8 Å². The number of halogens is 1. The van der Waals surface area contributed by atoms with Crippen LogP contribution in [0.15, 0.2) is 0 Å². The Labute approximate surface area is 103 Å². The zero-order chi connectivity index (χ0) is 9.94. The maximum Gasteiger partial charge on any atom is -0.147 e. The number of unbranched alkanes of at least 4 members (excludes halogenated alkanes) is 3. The van der Waals surface area contributed by atoms with Gasteiger partial charge in [-0.05, 0) is 0 Å². The molecule has 2 heteroatoms. The summed E-state index contributed by atoms with van der Waals surface area (Å²) >= 11 is -0.951. The van der Waals surface area contributed by atoms with E-state index in [9.17, 15) is 0 Å². The molecule has 0 fully saturated rings. The smallest absolute Gasteiger partial charge is 0.147 e. The van der Waals surface area contributed by atoms with Crippen molar-refractivity contribution in [2.45, 2.75) is 74.3 Å². The monoisotopic (exact) mass is 271 g/mol. The second-order valence-corrected chi connectivity index (χ2v) is 13.6. The zero-order valence-electron chi connectivity index (χ0n) is 10.5. The Bertz CT molecular complexity index is 77.3. The summed E-state index contributed by atoms with van der Waals surface area (Å²) in [7, 11) is 0. The quantitative estimate of drug-likeness (QED) is 0.474. The van der Waals surface area contributed by atoms with E-state index >= 15 is 0 Å². The molecule has 0 aliphatic carbocycles. The van der Waals surface area contributed by atoms with Crippen molar-refractivity contribution in [1.29, 1.82) is 0 Å². The summed E-state index contributed by atoms with van der Waals surface area (Å²) < 4.78 is 0.